The Hall–Kier alpha value is -3.13. The second-order valence-corrected chi connectivity index (χ2v) is 6.12. The molecule has 0 atom stereocenters. The molecule has 28 heavy (non-hydrogen) atoms. The Morgan fingerprint density at radius 2 is 2.00 bits per heavy atom. The predicted octanol–water partition coefficient (Wildman–Crippen LogP) is 3.16. The number of nitrogens with one attached hydrogen (secondary N) is 1. The van der Waals surface area contributed by atoms with Gasteiger partial charge in [0.25, 0.3) is 5.91 Å². The molecule has 148 valence electrons. The van der Waals surface area contributed by atoms with Crippen molar-refractivity contribution in [1.82, 2.24) is 5.32 Å². The molecule has 2 rings (SSSR count). The number of carbonyl (C=O) groups is 2. The van der Waals surface area contributed by atoms with E-state index in [2.05, 4.69) is 5.32 Å². The van der Waals surface area contributed by atoms with E-state index < -0.39 is 23.4 Å². The van der Waals surface area contributed by atoms with E-state index in [9.17, 15) is 19.7 Å². The zero-order chi connectivity index (χ0) is 20.5. The van der Waals surface area contributed by atoms with Gasteiger partial charge >= 0.3 is 11.7 Å². The molecule has 2 aromatic rings. The van der Waals surface area contributed by atoms with Crippen LogP contribution in [0.2, 0.25) is 5.02 Å². The maximum absolute atomic E-state index is 12.0. The number of rotatable bonds is 9. The predicted molar refractivity (Wildman–Crippen MR) is 103 cm³/mol. The van der Waals surface area contributed by atoms with Crippen molar-refractivity contribution in [2.75, 3.05) is 19.8 Å². The second-order valence-electron chi connectivity index (χ2n) is 5.68. The van der Waals surface area contributed by atoms with Gasteiger partial charge in [0.15, 0.2) is 12.4 Å². The van der Waals surface area contributed by atoms with Crippen LogP contribution in [-0.2, 0) is 16.0 Å². The molecule has 0 heterocycles. The summed E-state index contributed by atoms with van der Waals surface area (Å²) < 4.78 is 10.1. The molecule has 0 saturated carbocycles. The van der Waals surface area contributed by atoms with E-state index in [1.165, 1.54) is 12.1 Å². The number of esters is 1. The molecule has 0 fully saturated rings. The van der Waals surface area contributed by atoms with Crippen LogP contribution in [0.15, 0.2) is 42.5 Å². The third kappa shape index (κ3) is 6.24. The molecule has 1 N–H and O–H groups in total. The number of benzene rings is 2. The van der Waals surface area contributed by atoms with Crippen molar-refractivity contribution < 1.29 is 24.0 Å². The van der Waals surface area contributed by atoms with Crippen molar-refractivity contribution in [3.05, 3.63) is 68.7 Å². The maximum Gasteiger partial charge on any atom is 0.338 e. The number of ether oxygens (including phenoxy) is 2. The minimum atomic E-state index is -0.837. The van der Waals surface area contributed by atoms with Gasteiger partial charge in [-0.05, 0) is 43.2 Å². The summed E-state index contributed by atoms with van der Waals surface area (Å²) in [5.74, 6) is -1.25. The Morgan fingerprint density at radius 1 is 1.21 bits per heavy atom. The molecule has 0 aliphatic carbocycles. The highest BCUT2D eigenvalue weighted by Crippen LogP contribution is 2.28. The fourth-order valence-corrected chi connectivity index (χ4v) is 2.58. The van der Waals surface area contributed by atoms with Gasteiger partial charge in [0, 0.05) is 17.6 Å². The maximum atomic E-state index is 12.0. The molecule has 9 heteroatoms. The van der Waals surface area contributed by atoms with Crippen molar-refractivity contribution in [3.63, 3.8) is 0 Å². The Bertz CT molecular complexity index is 871. The summed E-state index contributed by atoms with van der Waals surface area (Å²) >= 11 is 5.89. The van der Waals surface area contributed by atoms with Crippen LogP contribution in [0.1, 0.15) is 22.8 Å². The van der Waals surface area contributed by atoms with Gasteiger partial charge in [0.1, 0.15) is 0 Å². The van der Waals surface area contributed by atoms with Gasteiger partial charge < -0.3 is 14.8 Å². The highest BCUT2D eigenvalue weighted by atomic mass is 35.5. The first-order chi connectivity index (χ1) is 13.4. The standard InChI is InChI=1S/C19H19ClN2O6/c1-2-27-17-7-6-14(11-16(17)22(25)26)19(24)28-12-18(23)21-9-8-13-4-3-5-15(20)10-13/h3-7,10-11H,2,8-9,12H2,1H3,(H,21,23). The van der Waals surface area contributed by atoms with Gasteiger partial charge in [-0.1, -0.05) is 23.7 Å². The van der Waals surface area contributed by atoms with Crippen LogP contribution in [0.25, 0.3) is 0 Å². The Balaban J connectivity index is 1.84. The van der Waals surface area contributed by atoms with E-state index in [1.807, 2.05) is 12.1 Å². The summed E-state index contributed by atoms with van der Waals surface area (Å²) in [6.07, 6.45) is 0.575. The first-order valence-electron chi connectivity index (χ1n) is 8.50. The quantitative estimate of drug-likeness (QED) is 0.389. The largest absolute Gasteiger partial charge is 0.487 e. The van der Waals surface area contributed by atoms with E-state index in [1.54, 1.807) is 19.1 Å². The third-order valence-electron chi connectivity index (χ3n) is 3.65. The summed E-state index contributed by atoms with van der Waals surface area (Å²) in [6, 6.07) is 11.0. The summed E-state index contributed by atoms with van der Waals surface area (Å²) in [7, 11) is 0. The molecule has 0 aliphatic rings. The number of nitro benzene ring substituents is 1. The summed E-state index contributed by atoms with van der Waals surface area (Å²) in [6.45, 7) is 1.80. The van der Waals surface area contributed by atoms with Crippen LogP contribution >= 0.6 is 11.6 Å². The number of halogens is 1. The van der Waals surface area contributed by atoms with Crippen LogP contribution in [0.5, 0.6) is 5.75 Å². The number of nitrogens with zero attached hydrogens (tertiary/aromatic N) is 1. The SMILES string of the molecule is CCOc1ccc(C(=O)OCC(=O)NCCc2cccc(Cl)c2)cc1[N+](=O)[O-]. The van der Waals surface area contributed by atoms with E-state index in [-0.39, 0.29) is 23.6 Å². The summed E-state index contributed by atoms with van der Waals surface area (Å²) in [5, 5.41) is 14.3. The number of amides is 1. The topological polar surface area (TPSA) is 108 Å². The molecule has 2 aromatic carbocycles. The van der Waals surface area contributed by atoms with Gasteiger partial charge in [-0.25, -0.2) is 4.79 Å². The molecule has 0 aliphatic heterocycles. The van der Waals surface area contributed by atoms with E-state index >= 15 is 0 Å². The first kappa shape index (κ1) is 21.2. The normalized spacial score (nSPS) is 10.2. The monoisotopic (exact) mass is 406 g/mol. The van der Waals surface area contributed by atoms with Gasteiger partial charge in [-0.3, -0.25) is 14.9 Å². The molecule has 0 spiro atoms. The Morgan fingerprint density at radius 3 is 2.68 bits per heavy atom. The number of carbonyl (C=O) groups excluding carboxylic acids is 2. The van der Waals surface area contributed by atoms with Gasteiger partial charge in [-0.2, -0.15) is 0 Å². The zero-order valence-electron chi connectivity index (χ0n) is 15.1. The molecule has 0 saturated heterocycles. The Kier molecular flexibility index (Phi) is 7.76. The average molecular weight is 407 g/mol. The lowest BCUT2D eigenvalue weighted by atomic mass is 10.1. The fraction of sp³-hybridized carbons (Fsp3) is 0.263. The molecule has 0 radical (unpaired) electrons. The average Bonchev–Trinajstić information content (AvgIpc) is 2.66. The Labute approximate surface area is 166 Å². The molecule has 1 amide bonds. The van der Waals surface area contributed by atoms with Crippen LogP contribution in [-0.4, -0.2) is 36.6 Å². The van der Waals surface area contributed by atoms with Crippen molar-refractivity contribution >= 4 is 29.2 Å². The number of hydrogen-bond acceptors (Lipinski definition) is 6. The lowest BCUT2D eigenvalue weighted by molar-refractivity contribution is -0.385. The molecule has 8 nitrogen and oxygen atoms in total. The van der Waals surface area contributed by atoms with Crippen LogP contribution in [0, 0.1) is 10.1 Å². The fourth-order valence-electron chi connectivity index (χ4n) is 2.37. The molecule has 0 aromatic heterocycles. The van der Waals surface area contributed by atoms with E-state index in [4.69, 9.17) is 21.1 Å². The van der Waals surface area contributed by atoms with Crippen molar-refractivity contribution in [1.29, 1.82) is 0 Å². The zero-order valence-corrected chi connectivity index (χ0v) is 15.9. The van der Waals surface area contributed by atoms with Crippen LogP contribution in [0.4, 0.5) is 5.69 Å². The van der Waals surface area contributed by atoms with Gasteiger partial charge in [0.05, 0.1) is 17.1 Å². The van der Waals surface area contributed by atoms with Crippen molar-refractivity contribution in [3.8, 4) is 5.75 Å². The summed E-state index contributed by atoms with van der Waals surface area (Å²) in [5.41, 5.74) is 0.579. The van der Waals surface area contributed by atoms with E-state index in [0.29, 0.717) is 18.0 Å². The molecule has 0 unspecified atom stereocenters. The lowest BCUT2D eigenvalue weighted by Gasteiger charge is -2.08. The molecular weight excluding hydrogens is 388 g/mol. The van der Waals surface area contributed by atoms with Gasteiger partial charge in [0.2, 0.25) is 0 Å². The first-order valence-corrected chi connectivity index (χ1v) is 8.88. The van der Waals surface area contributed by atoms with Crippen LogP contribution < -0.4 is 10.1 Å². The van der Waals surface area contributed by atoms with Crippen LogP contribution in [0.3, 0.4) is 0 Å². The minimum Gasteiger partial charge on any atom is -0.487 e. The number of nitro groups is 1. The lowest BCUT2D eigenvalue weighted by Crippen LogP contribution is -2.30. The molecule has 0 bridgehead atoms. The highest BCUT2D eigenvalue weighted by Gasteiger charge is 2.19. The molecular formula is C19H19ClN2O6. The number of hydrogen-bond donors (Lipinski definition) is 1. The van der Waals surface area contributed by atoms with Crippen molar-refractivity contribution in [2.24, 2.45) is 0 Å². The minimum absolute atomic E-state index is 0.0399. The third-order valence-corrected chi connectivity index (χ3v) is 3.89. The summed E-state index contributed by atoms with van der Waals surface area (Å²) in [4.78, 5) is 34.3. The highest BCUT2D eigenvalue weighted by molar-refractivity contribution is 6.30. The second kappa shape index (κ2) is 10.3. The van der Waals surface area contributed by atoms with E-state index in [0.717, 1.165) is 11.6 Å². The van der Waals surface area contributed by atoms with Crippen molar-refractivity contribution in [2.45, 2.75) is 13.3 Å². The van der Waals surface area contributed by atoms with Gasteiger partial charge in [-0.15, -0.1) is 0 Å². The smallest absolute Gasteiger partial charge is 0.338 e.